The number of hydrogen-bond acceptors (Lipinski definition) is 4. The predicted molar refractivity (Wildman–Crippen MR) is 99.7 cm³/mol. The number of nitrogens with zero attached hydrogens (tertiary/aromatic N) is 1. The highest BCUT2D eigenvalue weighted by Crippen LogP contribution is 2.28. The van der Waals surface area contributed by atoms with Crippen molar-refractivity contribution in [2.75, 3.05) is 30.5 Å². The Hall–Kier alpha value is -3.02. The molecule has 2 amide bonds. The van der Waals surface area contributed by atoms with Crippen molar-refractivity contribution in [2.24, 2.45) is 5.92 Å². The zero-order chi connectivity index (χ0) is 18.5. The van der Waals surface area contributed by atoms with E-state index in [0.29, 0.717) is 24.6 Å². The van der Waals surface area contributed by atoms with Gasteiger partial charge in [-0.2, -0.15) is 0 Å². The first-order valence-electron chi connectivity index (χ1n) is 8.59. The summed E-state index contributed by atoms with van der Waals surface area (Å²) in [6.45, 7) is 2.87. The minimum atomic E-state index is -0.389. The summed E-state index contributed by atoms with van der Waals surface area (Å²) in [4.78, 5) is 26.5. The number of nitrogens with one attached hydrogen (secondary N) is 1. The smallest absolute Gasteiger partial charge is 0.229 e. The maximum atomic E-state index is 12.5. The zero-order valence-electron chi connectivity index (χ0n) is 14.9. The van der Waals surface area contributed by atoms with Crippen LogP contribution in [0.2, 0.25) is 0 Å². The van der Waals surface area contributed by atoms with Crippen molar-refractivity contribution >= 4 is 23.2 Å². The number of benzene rings is 2. The van der Waals surface area contributed by atoms with Crippen LogP contribution in [0.5, 0.6) is 11.5 Å². The lowest BCUT2D eigenvalue weighted by atomic mass is 10.1. The van der Waals surface area contributed by atoms with Gasteiger partial charge in [-0.15, -0.1) is 0 Å². The molecule has 2 aromatic rings. The molecule has 26 heavy (non-hydrogen) atoms. The quantitative estimate of drug-likeness (QED) is 0.866. The van der Waals surface area contributed by atoms with Gasteiger partial charge in [0.1, 0.15) is 11.5 Å². The lowest BCUT2D eigenvalue weighted by Crippen LogP contribution is -2.28. The van der Waals surface area contributed by atoms with Crippen LogP contribution in [0.1, 0.15) is 13.3 Å². The van der Waals surface area contributed by atoms with Gasteiger partial charge in [0.15, 0.2) is 0 Å². The Kier molecular flexibility index (Phi) is 5.41. The van der Waals surface area contributed by atoms with E-state index >= 15 is 0 Å². The van der Waals surface area contributed by atoms with Crippen molar-refractivity contribution in [3.8, 4) is 11.5 Å². The molecule has 1 fully saturated rings. The van der Waals surface area contributed by atoms with E-state index in [2.05, 4.69) is 5.32 Å². The third kappa shape index (κ3) is 3.96. The summed E-state index contributed by atoms with van der Waals surface area (Å²) in [5, 5.41) is 2.87. The summed E-state index contributed by atoms with van der Waals surface area (Å²) in [5.41, 5.74) is 1.43. The van der Waals surface area contributed by atoms with Gasteiger partial charge in [0, 0.05) is 30.4 Å². The van der Waals surface area contributed by atoms with E-state index < -0.39 is 0 Å². The second-order valence-electron chi connectivity index (χ2n) is 6.05. The molecule has 6 heteroatoms. The van der Waals surface area contributed by atoms with Gasteiger partial charge >= 0.3 is 0 Å². The van der Waals surface area contributed by atoms with Crippen LogP contribution in [0.15, 0.2) is 48.5 Å². The second kappa shape index (κ2) is 7.91. The van der Waals surface area contributed by atoms with Gasteiger partial charge < -0.3 is 19.7 Å². The Balaban J connectivity index is 1.64. The fraction of sp³-hybridized carbons (Fsp3) is 0.300. The Morgan fingerprint density at radius 1 is 1.19 bits per heavy atom. The fourth-order valence-electron chi connectivity index (χ4n) is 2.96. The van der Waals surface area contributed by atoms with Crippen molar-refractivity contribution in [3.05, 3.63) is 48.5 Å². The molecule has 0 saturated carbocycles. The van der Waals surface area contributed by atoms with Crippen molar-refractivity contribution in [1.29, 1.82) is 0 Å². The summed E-state index contributed by atoms with van der Waals surface area (Å²) < 4.78 is 10.6. The SMILES string of the molecule is CCOc1ccc(NC(=O)C2CC(=O)N(c3cccc(OC)c3)C2)cc1. The highest BCUT2D eigenvalue weighted by molar-refractivity contribution is 6.03. The molecule has 1 N–H and O–H groups in total. The van der Waals surface area contributed by atoms with Gasteiger partial charge in [0.25, 0.3) is 0 Å². The summed E-state index contributed by atoms with van der Waals surface area (Å²) in [6.07, 6.45) is 0.195. The Labute approximate surface area is 152 Å². The molecule has 1 aliphatic rings. The van der Waals surface area contributed by atoms with Gasteiger partial charge in [-0.1, -0.05) is 6.07 Å². The molecule has 2 aromatic carbocycles. The van der Waals surface area contributed by atoms with E-state index in [1.165, 1.54) is 0 Å². The normalized spacial score (nSPS) is 16.5. The zero-order valence-corrected chi connectivity index (χ0v) is 14.9. The van der Waals surface area contributed by atoms with Crippen molar-refractivity contribution in [3.63, 3.8) is 0 Å². The lowest BCUT2D eigenvalue weighted by Gasteiger charge is -2.17. The fourth-order valence-corrected chi connectivity index (χ4v) is 2.96. The monoisotopic (exact) mass is 354 g/mol. The average molecular weight is 354 g/mol. The summed E-state index contributed by atoms with van der Waals surface area (Å²) in [6, 6.07) is 14.5. The highest BCUT2D eigenvalue weighted by Gasteiger charge is 2.35. The third-order valence-electron chi connectivity index (χ3n) is 4.29. The standard InChI is InChI=1S/C20H22N2O4/c1-3-26-17-9-7-15(8-10-17)21-20(24)14-11-19(23)22(13-14)16-5-4-6-18(12-16)25-2/h4-10,12,14H,3,11,13H2,1-2H3,(H,21,24). The van der Waals surface area contributed by atoms with Crippen molar-refractivity contribution in [1.82, 2.24) is 0 Å². The van der Waals surface area contributed by atoms with Crippen LogP contribution in [0.4, 0.5) is 11.4 Å². The first-order chi connectivity index (χ1) is 12.6. The number of carbonyl (C=O) groups excluding carboxylic acids is 2. The number of methoxy groups -OCH3 is 1. The van der Waals surface area contributed by atoms with Crippen LogP contribution < -0.4 is 19.7 Å². The number of rotatable bonds is 6. The predicted octanol–water partition coefficient (Wildman–Crippen LogP) is 3.09. The molecule has 3 rings (SSSR count). The Morgan fingerprint density at radius 2 is 1.96 bits per heavy atom. The summed E-state index contributed by atoms with van der Waals surface area (Å²) in [7, 11) is 1.58. The van der Waals surface area contributed by atoms with Gasteiger partial charge in [-0.25, -0.2) is 0 Å². The summed E-state index contributed by atoms with van der Waals surface area (Å²) >= 11 is 0. The molecule has 0 aliphatic carbocycles. The second-order valence-corrected chi connectivity index (χ2v) is 6.05. The maximum absolute atomic E-state index is 12.5. The molecular weight excluding hydrogens is 332 g/mol. The minimum Gasteiger partial charge on any atom is -0.497 e. The van der Waals surface area contributed by atoms with E-state index in [-0.39, 0.29) is 24.2 Å². The molecule has 136 valence electrons. The molecule has 1 aliphatic heterocycles. The highest BCUT2D eigenvalue weighted by atomic mass is 16.5. The van der Waals surface area contributed by atoms with E-state index in [9.17, 15) is 9.59 Å². The molecule has 1 unspecified atom stereocenters. The molecule has 0 aromatic heterocycles. The van der Waals surface area contributed by atoms with Gasteiger partial charge in [0.2, 0.25) is 11.8 Å². The number of ether oxygens (including phenoxy) is 2. The van der Waals surface area contributed by atoms with E-state index in [1.54, 1.807) is 30.2 Å². The van der Waals surface area contributed by atoms with Crippen LogP contribution in [-0.2, 0) is 9.59 Å². The molecule has 0 spiro atoms. The first-order valence-corrected chi connectivity index (χ1v) is 8.59. The van der Waals surface area contributed by atoms with Crippen molar-refractivity contribution in [2.45, 2.75) is 13.3 Å². The number of hydrogen-bond donors (Lipinski definition) is 1. The number of anilines is 2. The van der Waals surface area contributed by atoms with Crippen LogP contribution in [0.3, 0.4) is 0 Å². The Bertz CT molecular complexity index is 789. The first kappa shape index (κ1) is 17.8. The van der Waals surface area contributed by atoms with Crippen LogP contribution in [0, 0.1) is 5.92 Å². The molecule has 0 bridgehead atoms. The molecule has 1 saturated heterocycles. The van der Waals surface area contributed by atoms with Gasteiger partial charge in [0.05, 0.1) is 19.6 Å². The topological polar surface area (TPSA) is 67.9 Å². The summed E-state index contributed by atoms with van der Waals surface area (Å²) in [5.74, 6) is 0.821. The third-order valence-corrected chi connectivity index (χ3v) is 4.29. The van der Waals surface area contributed by atoms with Crippen LogP contribution >= 0.6 is 0 Å². The van der Waals surface area contributed by atoms with E-state index in [0.717, 1.165) is 11.4 Å². The number of carbonyl (C=O) groups is 2. The van der Waals surface area contributed by atoms with Crippen molar-refractivity contribution < 1.29 is 19.1 Å². The Morgan fingerprint density at radius 3 is 2.65 bits per heavy atom. The van der Waals surface area contributed by atoms with E-state index in [1.807, 2.05) is 37.3 Å². The molecular formula is C20H22N2O4. The van der Waals surface area contributed by atoms with Crippen LogP contribution in [-0.4, -0.2) is 32.1 Å². The van der Waals surface area contributed by atoms with E-state index in [4.69, 9.17) is 9.47 Å². The molecule has 1 atom stereocenters. The average Bonchev–Trinajstić information content (AvgIpc) is 3.05. The lowest BCUT2D eigenvalue weighted by molar-refractivity contribution is -0.122. The largest absolute Gasteiger partial charge is 0.497 e. The van der Waals surface area contributed by atoms with Crippen LogP contribution in [0.25, 0.3) is 0 Å². The minimum absolute atomic E-state index is 0.0647. The maximum Gasteiger partial charge on any atom is 0.229 e. The molecule has 6 nitrogen and oxygen atoms in total. The van der Waals surface area contributed by atoms with Gasteiger partial charge in [-0.05, 0) is 43.3 Å². The number of amides is 2. The molecule has 0 radical (unpaired) electrons. The molecule has 1 heterocycles. The van der Waals surface area contributed by atoms with Gasteiger partial charge in [-0.3, -0.25) is 9.59 Å².